The third-order valence-corrected chi connectivity index (χ3v) is 4.13. The van der Waals surface area contributed by atoms with Crippen LogP contribution in [0.1, 0.15) is 17.8 Å². The molecule has 5 heteroatoms. The van der Waals surface area contributed by atoms with Crippen LogP contribution in [-0.4, -0.2) is 4.98 Å². The van der Waals surface area contributed by atoms with Crippen molar-refractivity contribution < 1.29 is 8.78 Å². The van der Waals surface area contributed by atoms with Crippen LogP contribution in [0, 0.1) is 23.0 Å². The second-order valence-electron chi connectivity index (χ2n) is 4.36. The third kappa shape index (κ3) is 1.70. The Balaban J connectivity index is 2.04. The van der Waals surface area contributed by atoms with Crippen LogP contribution in [0.15, 0.2) is 23.6 Å². The summed E-state index contributed by atoms with van der Waals surface area (Å²) in [5.74, 6) is -1.00. The molecule has 1 fully saturated rings. The Labute approximate surface area is 107 Å². The fraction of sp³-hybridized carbons (Fsp3) is 0.231. The minimum Gasteiger partial charge on any atom is -0.239 e. The van der Waals surface area contributed by atoms with Gasteiger partial charge >= 0.3 is 0 Å². The number of rotatable bonds is 2. The van der Waals surface area contributed by atoms with Gasteiger partial charge in [0.25, 0.3) is 0 Å². The van der Waals surface area contributed by atoms with Gasteiger partial charge in [0.05, 0.1) is 11.8 Å². The summed E-state index contributed by atoms with van der Waals surface area (Å²) in [6.07, 6.45) is 1.59. The summed E-state index contributed by atoms with van der Waals surface area (Å²) in [6.45, 7) is 0. The Bertz CT molecular complexity index is 653. The van der Waals surface area contributed by atoms with Gasteiger partial charge in [-0.25, -0.2) is 13.8 Å². The first-order chi connectivity index (χ1) is 8.64. The van der Waals surface area contributed by atoms with E-state index in [1.165, 1.54) is 11.3 Å². The van der Waals surface area contributed by atoms with Gasteiger partial charge in [0.1, 0.15) is 22.1 Å². The molecule has 0 aliphatic heterocycles. The maximum absolute atomic E-state index is 13.6. The fourth-order valence-electron chi connectivity index (χ4n) is 1.81. The molecule has 3 rings (SSSR count). The van der Waals surface area contributed by atoms with Crippen molar-refractivity contribution in [2.24, 2.45) is 0 Å². The van der Waals surface area contributed by atoms with Crippen LogP contribution in [0.3, 0.4) is 0 Å². The Morgan fingerprint density at radius 3 is 2.78 bits per heavy atom. The van der Waals surface area contributed by atoms with E-state index in [0.29, 0.717) is 10.7 Å². The monoisotopic (exact) mass is 262 g/mol. The summed E-state index contributed by atoms with van der Waals surface area (Å²) in [5, 5.41) is 11.4. The molecule has 0 unspecified atom stereocenters. The van der Waals surface area contributed by atoms with E-state index >= 15 is 0 Å². The number of nitriles is 1. The Kier molecular flexibility index (Phi) is 2.42. The van der Waals surface area contributed by atoms with Crippen molar-refractivity contribution in [3.8, 4) is 17.3 Å². The SMILES string of the molecule is N#CC1(c2nc(-c3cc(F)ccc3F)cs2)CC1. The van der Waals surface area contributed by atoms with E-state index in [1.54, 1.807) is 5.38 Å². The molecule has 18 heavy (non-hydrogen) atoms. The largest absolute Gasteiger partial charge is 0.239 e. The maximum atomic E-state index is 13.6. The molecule has 0 bridgehead atoms. The normalized spacial score (nSPS) is 16.3. The van der Waals surface area contributed by atoms with E-state index in [9.17, 15) is 8.78 Å². The van der Waals surface area contributed by atoms with E-state index < -0.39 is 17.0 Å². The van der Waals surface area contributed by atoms with Crippen LogP contribution >= 0.6 is 11.3 Å². The van der Waals surface area contributed by atoms with Crippen LogP contribution in [0.2, 0.25) is 0 Å². The topological polar surface area (TPSA) is 36.7 Å². The van der Waals surface area contributed by atoms with Gasteiger partial charge in [-0.1, -0.05) is 0 Å². The lowest BCUT2D eigenvalue weighted by Crippen LogP contribution is -2.01. The van der Waals surface area contributed by atoms with Gasteiger partial charge in [-0.2, -0.15) is 5.26 Å². The second kappa shape index (κ2) is 3.85. The zero-order valence-electron chi connectivity index (χ0n) is 9.28. The van der Waals surface area contributed by atoms with Gasteiger partial charge in [0, 0.05) is 10.9 Å². The van der Waals surface area contributed by atoms with Gasteiger partial charge < -0.3 is 0 Å². The summed E-state index contributed by atoms with van der Waals surface area (Å²) in [7, 11) is 0. The van der Waals surface area contributed by atoms with Crippen molar-refractivity contribution in [3.05, 3.63) is 40.2 Å². The molecule has 0 spiro atoms. The van der Waals surface area contributed by atoms with Crippen molar-refractivity contribution in [2.75, 3.05) is 0 Å². The first kappa shape index (κ1) is 11.3. The molecular formula is C13H8F2N2S. The average molecular weight is 262 g/mol. The highest BCUT2D eigenvalue weighted by molar-refractivity contribution is 7.10. The summed E-state index contributed by atoms with van der Waals surface area (Å²) < 4.78 is 26.7. The zero-order chi connectivity index (χ0) is 12.8. The van der Waals surface area contributed by atoms with Gasteiger partial charge in [-0.3, -0.25) is 0 Å². The van der Waals surface area contributed by atoms with Gasteiger partial charge in [0.15, 0.2) is 0 Å². The molecule has 2 aromatic rings. The van der Waals surface area contributed by atoms with E-state index in [2.05, 4.69) is 11.1 Å². The molecule has 1 saturated carbocycles. The minimum atomic E-state index is -0.505. The predicted octanol–water partition coefficient (Wildman–Crippen LogP) is 3.64. The average Bonchev–Trinajstić information content (AvgIpc) is 3.02. The standard InChI is InChI=1S/C13H8F2N2S/c14-8-1-2-10(15)9(5-8)11-6-18-12(17-11)13(7-16)3-4-13/h1-2,5-6H,3-4H2. The predicted molar refractivity (Wildman–Crippen MR) is 64.0 cm³/mol. The maximum Gasteiger partial charge on any atom is 0.132 e. The lowest BCUT2D eigenvalue weighted by Gasteiger charge is -2.00. The van der Waals surface area contributed by atoms with Crippen LogP contribution < -0.4 is 0 Å². The lowest BCUT2D eigenvalue weighted by atomic mass is 10.1. The number of benzene rings is 1. The summed E-state index contributed by atoms with van der Waals surface area (Å²) >= 11 is 1.33. The molecule has 90 valence electrons. The minimum absolute atomic E-state index is 0.145. The van der Waals surface area contributed by atoms with Gasteiger partial charge in [-0.15, -0.1) is 11.3 Å². The third-order valence-electron chi connectivity index (χ3n) is 3.08. The number of nitrogens with zero attached hydrogens (tertiary/aromatic N) is 2. The second-order valence-corrected chi connectivity index (χ2v) is 5.21. The molecule has 1 aromatic heterocycles. The molecule has 0 N–H and O–H groups in total. The Morgan fingerprint density at radius 1 is 1.33 bits per heavy atom. The summed E-state index contributed by atoms with van der Waals surface area (Å²) in [4.78, 5) is 4.28. The van der Waals surface area contributed by atoms with Crippen molar-refractivity contribution >= 4 is 11.3 Å². The van der Waals surface area contributed by atoms with E-state index in [-0.39, 0.29) is 5.56 Å². The zero-order valence-corrected chi connectivity index (χ0v) is 10.1. The van der Waals surface area contributed by atoms with Crippen molar-refractivity contribution in [1.82, 2.24) is 4.98 Å². The van der Waals surface area contributed by atoms with E-state index in [4.69, 9.17) is 5.26 Å². The van der Waals surface area contributed by atoms with E-state index in [0.717, 1.165) is 31.0 Å². The molecule has 1 aliphatic carbocycles. The highest BCUT2D eigenvalue weighted by Crippen LogP contribution is 2.49. The highest BCUT2D eigenvalue weighted by Gasteiger charge is 2.47. The number of thiazole rings is 1. The Hall–Kier alpha value is -1.80. The van der Waals surface area contributed by atoms with Crippen molar-refractivity contribution in [3.63, 3.8) is 0 Å². The first-order valence-corrected chi connectivity index (χ1v) is 6.35. The molecule has 0 atom stereocenters. The smallest absolute Gasteiger partial charge is 0.132 e. The first-order valence-electron chi connectivity index (χ1n) is 5.47. The van der Waals surface area contributed by atoms with E-state index in [1.807, 2.05) is 0 Å². The number of hydrogen-bond donors (Lipinski definition) is 0. The molecule has 0 saturated heterocycles. The molecule has 0 amide bonds. The number of hydrogen-bond acceptors (Lipinski definition) is 3. The highest BCUT2D eigenvalue weighted by atomic mass is 32.1. The molecule has 2 nitrogen and oxygen atoms in total. The summed E-state index contributed by atoms with van der Waals surface area (Å²) in [5.41, 5.74) is 0.0620. The van der Waals surface area contributed by atoms with Crippen LogP contribution in [0.4, 0.5) is 8.78 Å². The fourth-order valence-corrected chi connectivity index (χ4v) is 2.84. The summed E-state index contributed by atoms with van der Waals surface area (Å²) in [6, 6.07) is 5.52. The molecule has 1 aromatic carbocycles. The Morgan fingerprint density at radius 2 is 2.11 bits per heavy atom. The molecule has 0 radical (unpaired) electrons. The number of aromatic nitrogens is 1. The quantitative estimate of drug-likeness (QED) is 0.828. The lowest BCUT2D eigenvalue weighted by molar-refractivity contribution is 0.602. The van der Waals surface area contributed by atoms with Gasteiger partial charge in [0.2, 0.25) is 0 Å². The van der Waals surface area contributed by atoms with Crippen molar-refractivity contribution in [1.29, 1.82) is 5.26 Å². The van der Waals surface area contributed by atoms with Crippen LogP contribution in [-0.2, 0) is 5.41 Å². The molecule has 1 aliphatic rings. The molecule has 1 heterocycles. The van der Waals surface area contributed by atoms with Gasteiger partial charge in [-0.05, 0) is 31.0 Å². The molecular weight excluding hydrogens is 254 g/mol. The van der Waals surface area contributed by atoms with Crippen LogP contribution in [0.25, 0.3) is 11.3 Å². The van der Waals surface area contributed by atoms with Crippen LogP contribution in [0.5, 0.6) is 0 Å². The van der Waals surface area contributed by atoms with Crippen molar-refractivity contribution in [2.45, 2.75) is 18.3 Å². The number of halogens is 2.